The topological polar surface area (TPSA) is 87.7 Å². The fourth-order valence-electron chi connectivity index (χ4n) is 3.11. The Labute approximate surface area is 140 Å². The maximum atomic E-state index is 12.6. The maximum Gasteiger partial charge on any atom is 0.251 e. The van der Waals surface area contributed by atoms with Gasteiger partial charge in [0.25, 0.3) is 5.91 Å². The number of carbonyl (C=O) groups is 3. The lowest BCUT2D eigenvalue weighted by Gasteiger charge is -2.20. The molecule has 7 heteroatoms. The number of amides is 3. The molecule has 0 spiro atoms. The van der Waals surface area contributed by atoms with Gasteiger partial charge in [-0.2, -0.15) is 0 Å². The molecule has 2 aliphatic rings. The number of ether oxygens (including phenoxy) is 1. The number of carbonyl (C=O) groups excluding carboxylic acids is 3. The fourth-order valence-corrected chi connectivity index (χ4v) is 3.11. The molecule has 2 atom stereocenters. The van der Waals surface area contributed by atoms with Gasteiger partial charge in [0.2, 0.25) is 11.8 Å². The van der Waals surface area contributed by atoms with E-state index in [1.807, 2.05) is 0 Å². The van der Waals surface area contributed by atoms with Crippen LogP contribution in [0.5, 0.6) is 5.75 Å². The Hall–Kier alpha value is -2.41. The van der Waals surface area contributed by atoms with Gasteiger partial charge in [0.1, 0.15) is 5.75 Å². The molecule has 2 N–H and O–H groups in total. The van der Waals surface area contributed by atoms with Crippen molar-refractivity contribution in [3.63, 3.8) is 0 Å². The largest absolute Gasteiger partial charge is 0.497 e. The van der Waals surface area contributed by atoms with Crippen LogP contribution in [0.2, 0.25) is 0 Å². The monoisotopic (exact) mass is 331 g/mol. The third kappa shape index (κ3) is 3.26. The maximum absolute atomic E-state index is 12.6. The molecular formula is C17H21N3O4. The molecule has 7 nitrogen and oxygen atoms in total. The first kappa shape index (κ1) is 16.4. The van der Waals surface area contributed by atoms with Gasteiger partial charge in [-0.25, -0.2) is 4.90 Å². The molecule has 0 aromatic heterocycles. The lowest BCUT2D eigenvalue weighted by Crippen LogP contribution is -2.50. The molecule has 1 aromatic carbocycles. The van der Waals surface area contributed by atoms with Gasteiger partial charge in [-0.15, -0.1) is 0 Å². The Morgan fingerprint density at radius 2 is 1.88 bits per heavy atom. The summed E-state index contributed by atoms with van der Waals surface area (Å²) < 4.78 is 5.09. The zero-order valence-corrected chi connectivity index (χ0v) is 13.6. The number of rotatable bonds is 4. The smallest absolute Gasteiger partial charge is 0.251 e. The van der Waals surface area contributed by atoms with Gasteiger partial charge in [-0.1, -0.05) is 0 Å². The number of benzene rings is 1. The number of nitrogens with one attached hydrogen (secondary N) is 2. The summed E-state index contributed by atoms with van der Waals surface area (Å²) in [5.74, 6) is -0.0304. The highest BCUT2D eigenvalue weighted by molar-refractivity contribution is 6.22. The molecule has 3 amide bonds. The normalized spacial score (nSPS) is 24.7. The Morgan fingerprint density at radius 3 is 2.58 bits per heavy atom. The highest BCUT2D eigenvalue weighted by Crippen LogP contribution is 2.25. The van der Waals surface area contributed by atoms with E-state index < -0.39 is 12.1 Å². The molecule has 2 aliphatic heterocycles. The molecule has 128 valence electrons. The molecule has 0 saturated carbocycles. The summed E-state index contributed by atoms with van der Waals surface area (Å²) in [5.41, 5.74) is 0.514. The van der Waals surface area contributed by atoms with Crippen molar-refractivity contribution in [2.24, 2.45) is 0 Å². The number of hydrogen-bond donors (Lipinski definition) is 2. The summed E-state index contributed by atoms with van der Waals surface area (Å²) in [6.07, 6.45) is 2.58. The zero-order chi connectivity index (χ0) is 17.1. The molecule has 0 aliphatic carbocycles. The van der Waals surface area contributed by atoms with Crippen LogP contribution in [-0.4, -0.2) is 43.5 Å². The summed E-state index contributed by atoms with van der Waals surface area (Å²) in [6, 6.07) is 5.67. The van der Waals surface area contributed by atoms with Gasteiger partial charge in [-0.3, -0.25) is 19.7 Å². The number of methoxy groups -OCH3 is 1. The second-order valence-electron chi connectivity index (χ2n) is 6.03. The van der Waals surface area contributed by atoms with E-state index in [-0.39, 0.29) is 24.1 Å². The standard InChI is InChI=1S/C17H21N3O4/c1-24-12-7-5-11(6-8-12)20-15(21)10-14(17(20)23)19-13-4-2-3-9-18-16(13)22/h5-8,13-14,19H,2-4,9-10H2,1H3,(H,18,22)/t13-,14-/m0/s1. The minimum Gasteiger partial charge on any atom is -0.497 e. The Bertz CT molecular complexity index is 644. The van der Waals surface area contributed by atoms with E-state index in [9.17, 15) is 14.4 Å². The Morgan fingerprint density at radius 1 is 1.12 bits per heavy atom. The third-order valence-corrected chi connectivity index (χ3v) is 4.41. The van der Waals surface area contributed by atoms with Gasteiger partial charge in [0, 0.05) is 6.54 Å². The summed E-state index contributed by atoms with van der Waals surface area (Å²) in [6.45, 7) is 0.659. The van der Waals surface area contributed by atoms with Crippen LogP contribution in [0.25, 0.3) is 0 Å². The average Bonchev–Trinajstić information content (AvgIpc) is 2.73. The Balaban J connectivity index is 1.72. The molecule has 0 unspecified atom stereocenters. The van der Waals surface area contributed by atoms with E-state index in [0.29, 0.717) is 24.4 Å². The van der Waals surface area contributed by atoms with Crippen molar-refractivity contribution in [3.8, 4) is 5.75 Å². The molecular weight excluding hydrogens is 310 g/mol. The van der Waals surface area contributed by atoms with Gasteiger partial charge in [0.05, 0.1) is 31.3 Å². The Kier molecular flexibility index (Phi) is 4.80. The number of hydrogen-bond acceptors (Lipinski definition) is 5. The second-order valence-corrected chi connectivity index (χ2v) is 6.03. The number of anilines is 1. The van der Waals surface area contributed by atoms with Crippen LogP contribution in [0.3, 0.4) is 0 Å². The van der Waals surface area contributed by atoms with Crippen LogP contribution in [0, 0.1) is 0 Å². The number of nitrogens with zero attached hydrogens (tertiary/aromatic N) is 1. The van der Waals surface area contributed by atoms with E-state index >= 15 is 0 Å². The highest BCUT2D eigenvalue weighted by Gasteiger charge is 2.41. The minimum atomic E-state index is -0.659. The molecule has 2 saturated heterocycles. The van der Waals surface area contributed by atoms with Gasteiger partial charge >= 0.3 is 0 Å². The predicted octanol–water partition coefficient (Wildman–Crippen LogP) is 0.585. The van der Waals surface area contributed by atoms with Crippen LogP contribution in [0.1, 0.15) is 25.7 Å². The van der Waals surface area contributed by atoms with Crippen LogP contribution in [0.15, 0.2) is 24.3 Å². The molecule has 24 heavy (non-hydrogen) atoms. The van der Waals surface area contributed by atoms with E-state index in [0.717, 1.165) is 12.8 Å². The quantitative estimate of drug-likeness (QED) is 0.788. The van der Waals surface area contributed by atoms with Crippen molar-refractivity contribution >= 4 is 23.4 Å². The van der Waals surface area contributed by atoms with E-state index in [4.69, 9.17) is 4.74 Å². The fraction of sp³-hybridized carbons (Fsp3) is 0.471. The van der Waals surface area contributed by atoms with Crippen molar-refractivity contribution in [2.45, 2.75) is 37.8 Å². The van der Waals surface area contributed by atoms with Crippen molar-refractivity contribution in [1.29, 1.82) is 0 Å². The summed E-state index contributed by atoms with van der Waals surface area (Å²) >= 11 is 0. The van der Waals surface area contributed by atoms with Gasteiger partial charge in [-0.05, 0) is 43.5 Å². The first-order valence-corrected chi connectivity index (χ1v) is 8.15. The van der Waals surface area contributed by atoms with E-state index in [1.54, 1.807) is 31.4 Å². The lowest BCUT2D eigenvalue weighted by molar-refractivity contribution is -0.123. The average molecular weight is 331 g/mol. The molecule has 1 aromatic rings. The van der Waals surface area contributed by atoms with Crippen LogP contribution in [0.4, 0.5) is 5.69 Å². The van der Waals surface area contributed by atoms with Crippen molar-refractivity contribution in [1.82, 2.24) is 10.6 Å². The van der Waals surface area contributed by atoms with Crippen molar-refractivity contribution in [3.05, 3.63) is 24.3 Å². The first-order chi connectivity index (χ1) is 11.6. The van der Waals surface area contributed by atoms with Crippen molar-refractivity contribution in [2.75, 3.05) is 18.6 Å². The van der Waals surface area contributed by atoms with Crippen molar-refractivity contribution < 1.29 is 19.1 Å². The molecule has 0 bridgehead atoms. The SMILES string of the molecule is COc1ccc(N2C(=O)C[C@H](N[C@H]3CCCCNC3=O)C2=O)cc1. The summed E-state index contributed by atoms with van der Waals surface area (Å²) in [7, 11) is 1.55. The lowest BCUT2D eigenvalue weighted by atomic mass is 10.1. The molecule has 2 fully saturated rings. The predicted molar refractivity (Wildman–Crippen MR) is 87.7 cm³/mol. The van der Waals surface area contributed by atoms with Crippen LogP contribution >= 0.6 is 0 Å². The van der Waals surface area contributed by atoms with E-state index in [2.05, 4.69) is 10.6 Å². The minimum absolute atomic E-state index is 0.0641. The molecule has 3 rings (SSSR count). The molecule has 2 heterocycles. The number of imide groups is 1. The van der Waals surface area contributed by atoms with Crippen LogP contribution < -0.4 is 20.3 Å². The summed E-state index contributed by atoms with van der Waals surface area (Å²) in [4.78, 5) is 38.1. The third-order valence-electron chi connectivity index (χ3n) is 4.41. The van der Waals surface area contributed by atoms with Gasteiger partial charge < -0.3 is 10.1 Å². The highest BCUT2D eigenvalue weighted by atomic mass is 16.5. The molecule has 0 radical (unpaired) electrons. The van der Waals surface area contributed by atoms with Crippen LogP contribution in [-0.2, 0) is 14.4 Å². The first-order valence-electron chi connectivity index (χ1n) is 8.15. The zero-order valence-electron chi connectivity index (χ0n) is 13.6. The van der Waals surface area contributed by atoms with E-state index in [1.165, 1.54) is 4.90 Å². The summed E-state index contributed by atoms with van der Waals surface area (Å²) in [5, 5.41) is 5.89. The van der Waals surface area contributed by atoms with Gasteiger partial charge in [0.15, 0.2) is 0 Å². The second kappa shape index (κ2) is 7.00.